The van der Waals surface area contributed by atoms with Gasteiger partial charge in [0.2, 0.25) is 11.8 Å². The molecule has 0 saturated carbocycles. The summed E-state index contributed by atoms with van der Waals surface area (Å²) in [7, 11) is 1.57. The molecule has 0 aromatic heterocycles. The number of carbonyl (C=O) groups excluding carboxylic acids is 3. The number of hydrogen-bond acceptors (Lipinski definition) is 5. The van der Waals surface area contributed by atoms with Crippen LogP contribution in [0.4, 0.5) is 5.69 Å². The van der Waals surface area contributed by atoms with E-state index in [0.717, 1.165) is 45.2 Å². The first-order valence-corrected chi connectivity index (χ1v) is 10.4. The van der Waals surface area contributed by atoms with Crippen LogP contribution in [0.25, 0.3) is 0 Å². The molecule has 2 rings (SSSR count). The molecule has 1 aliphatic heterocycles. The van der Waals surface area contributed by atoms with Crippen LogP contribution >= 0.6 is 0 Å². The topological polar surface area (TPSA) is 87.7 Å². The fourth-order valence-electron chi connectivity index (χ4n) is 3.48. The van der Waals surface area contributed by atoms with Gasteiger partial charge < -0.3 is 20.2 Å². The van der Waals surface area contributed by atoms with E-state index in [2.05, 4.69) is 15.5 Å². The van der Waals surface area contributed by atoms with Gasteiger partial charge >= 0.3 is 0 Å². The van der Waals surface area contributed by atoms with E-state index in [1.54, 1.807) is 38.3 Å². The normalized spacial score (nSPS) is 15.0. The van der Waals surface area contributed by atoms with Gasteiger partial charge in [0.15, 0.2) is 0 Å². The first-order chi connectivity index (χ1) is 14.0. The lowest BCUT2D eigenvalue weighted by atomic mass is 10.1. The maximum Gasteiger partial charge on any atom is 0.246 e. The summed E-state index contributed by atoms with van der Waals surface area (Å²) < 4.78 is 5.19. The highest BCUT2D eigenvalue weighted by molar-refractivity contribution is 5.97. The number of likely N-dealkylation sites (tertiary alicyclic amines) is 1. The predicted octanol–water partition coefficient (Wildman–Crippen LogP) is 2.75. The van der Waals surface area contributed by atoms with Crippen molar-refractivity contribution in [2.45, 2.75) is 57.9 Å². The van der Waals surface area contributed by atoms with E-state index in [-0.39, 0.29) is 17.6 Å². The van der Waals surface area contributed by atoms with Gasteiger partial charge in [0.25, 0.3) is 0 Å². The summed E-state index contributed by atoms with van der Waals surface area (Å²) in [6.07, 6.45) is 5.76. The molecule has 1 atom stereocenters. The molecule has 1 aliphatic rings. The zero-order valence-electron chi connectivity index (χ0n) is 17.5. The summed E-state index contributed by atoms with van der Waals surface area (Å²) in [6, 6.07) is 6.54. The third kappa shape index (κ3) is 8.64. The first-order valence-electron chi connectivity index (χ1n) is 10.4. The number of hydrogen-bond donors (Lipinski definition) is 2. The molecule has 0 aliphatic carbocycles. The molecule has 1 fully saturated rings. The lowest BCUT2D eigenvalue weighted by Crippen LogP contribution is -2.47. The van der Waals surface area contributed by atoms with Gasteiger partial charge in [-0.25, -0.2) is 0 Å². The number of amides is 2. The SMILES string of the molecule is COc1cccc(NC(=O)C(CCCCCC(C)=O)NC(=O)CN2CCCC2)c1. The minimum absolute atomic E-state index is 0.124. The van der Waals surface area contributed by atoms with Crippen molar-refractivity contribution in [3.05, 3.63) is 24.3 Å². The predicted molar refractivity (Wildman–Crippen MR) is 113 cm³/mol. The number of carbonyl (C=O) groups is 3. The van der Waals surface area contributed by atoms with Gasteiger partial charge in [-0.1, -0.05) is 18.9 Å². The van der Waals surface area contributed by atoms with Crippen molar-refractivity contribution in [2.24, 2.45) is 0 Å². The second-order valence-corrected chi connectivity index (χ2v) is 7.63. The van der Waals surface area contributed by atoms with Crippen molar-refractivity contribution in [3.63, 3.8) is 0 Å². The molecule has 160 valence electrons. The molecule has 1 unspecified atom stereocenters. The monoisotopic (exact) mass is 403 g/mol. The number of unbranched alkanes of at least 4 members (excludes halogenated alkanes) is 2. The Morgan fingerprint density at radius 2 is 1.90 bits per heavy atom. The minimum Gasteiger partial charge on any atom is -0.497 e. The Morgan fingerprint density at radius 1 is 1.14 bits per heavy atom. The van der Waals surface area contributed by atoms with Gasteiger partial charge in [-0.05, 0) is 57.8 Å². The maximum absolute atomic E-state index is 12.8. The Kier molecular flexibility index (Phi) is 9.64. The van der Waals surface area contributed by atoms with Crippen LogP contribution in [0.2, 0.25) is 0 Å². The van der Waals surface area contributed by atoms with Gasteiger partial charge in [0, 0.05) is 18.2 Å². The van der Waals surface area contributed by atoms with Crippen molar-refractivity contribution < 1.29 is 19.1 Å². The number of nitrogens with one attached hydrogen (secondary N) is 2. The number of Topliss-reactive ketones (excluding diaryl/α,β-unsaturated/α-hetero) is 1. The smallest absolute Gasteiger partial charge is 0.246 e. The highest BCUT2D eigenvalue weighted by Gasteiger charge is 2.23. The zero-order chi connectivity index (χ0) is 21.1. The lowest BCUT2D eigenvalue weighted by molar-refractivity contribution is -0.127. The Morgan fingerprint density at radius 3 is 2.59 bits per heavy atom. The molecular weight excluding hydrogens is 370 g/mol. The third-order valence-corrected chi connectivity index (χ3v) is 5.08. The average molecular weight is 404 g/mol. The number of nitrogens with zero attached hydrogens (tertiary/aromatic N) is 1. The Hall–Kier alpha value is -2.41. The number of ketones is 1. The van der Waals surface area contributed by atoms with Crippen molar-refractivity contribution in [1.29, 1.82) is 0 Å². The van der Waals surface area contributed by atoms with Crippen molar-refractivity contribution >= 4 is 23.3 Å². The van der Waals surface area contributed by atoms with Gasteiger partial charge in [0.1, 0.15) is 17.6 Å². The van der Waals surface area contributed by atoms with Crippen LogP contribution in [-0.4, -0.2) is 55.3 Å². The quantitative estimate of drug-likeness (QED) is 0.524. The average Bonchev–Trinajstić information content (AvgIpc) is 3.19. The van der Waals surface area contributed by atoms with Crippen LogP contribution < -0.4 is 15.4 Å². The summed E-state index contributed by atoms with van der Waals surface area (Å²) in [5, 5.41) is 5.77. The molecule has 29 heavy (non-hydrogen) atoms. The van der Waals surface area contributed by atoms with E-state index in [9.17, 15) is 14.4 Å². The number of ether oxygens (including phenoxy) is 1. The second-order valence-electron chi connectivity index (χ2n) is 7.63. The molecule has 1 saturated heterocycles. The van der Waals surface area contributed by atoms with E-state index in [4.69, 9.17) is 4.74 Å². The third-order valence-electron chi connectivity index (χ3n) is 5.08. The van der Waals surface area contributed by atoms with Gasteiger partial charge in [-0.2, -0.15) is 0 Å². The summed E-state index contributed by atoms with van der Waals surface area (Å²) >= 11 is 0. The van der Waals surface area contributed by atoms with E-state index in [0.29, 0.717) is 30.8 Å². The molecule has 7 nitrogen and oxygen atoms in total. The van der Waals surface area contributed by atoms with E-state index >= 15 is 0 Å². The van der Waals surface area contributed by atoms with Crippen LogP contribution in [0, 0.1) is 0 Å². The highest BCUT2D eigenvalue weighted by Crippen LogP contribution is 2.17. The van der Waals surface area contributed by atoms with Gasteiger partial charge in [-0.3, -0.25) is 14.5 Å². The Balaban J connectivity index is 1.92. The van der Waals surface area contributed by atoms with Crippen LogP contribution in [0.3, 0.4) is 0 Å². The number of rotatable bonds is 12. The summed E-state index contributed by atoms with van der Waals surface area (Å²) in [5.41, 5.74) is 0.629. The van der Waals surface area contributed by atoms with E-state index in [1.807, 2.05) is 0 Å². The van der Waals surface area contributed by atoms with Crippen LogP contribution in [-0.2, 0) is 14.4 Å². The Labute approximate surface area is 173 Å². The second kappa shape index (κ2) is 12.2. The number of anilines is 1. The number of benzene rings is 1. The zero-order valence-corrected chi connectivity index (χ0v) is 17.5. The molecular formula is C22H33N3O4. The van der Waals surface area contributed by atoms with Crippen LogP contribution in [0.15, 0.2) is 24.3 Å². The van der Waals surface area contributed by atoms with Crippen LogP contribution in [0.1, 0.15) is 51.9 Å². The summed E-state index contributed by atoms with van der Waals surface area (Å²) in [6.45, 7) is 3.77. The highest BCUT2D eigenvalue weighted by atomic mass is 16.5. The molecule has 1 aromatic carbocycles. The molecule has 1 aromatic rings. The summed E-state index contributed by atoms with van der Waals surface area (Å²) in [5.74, 6) is 0.471. The molecule has 2 amide bonds. The standard InChI is InChI=1S/C22H33N3O4/c1-17(26)9-4-3-5-12-20(24-21(27)16-25-13-6-7-14-25)22(28)23-18-10-8-11-19(15-18)29-2/h8,10-11,15,20H,3-7,9,12-14,16H2,1-2H3,(H,23,28)(H,24,27). The molecule has 0 bridgehead atoms. The van der Waals surface area contributed by atoms with Gasteiger partial charge in [0.05, 0.1) is 13.7 Å². The molecule has 0 radical (unpaired) electrons. The number of methoxy groups -OCH3 is 1. The molecule has 1 heterocycles. The maximum atomic E-state index is 12.8. The largest absolute Gasteiger partial charge is 0.497 e. The summed E-state index contributed by atoms with van der Waals surface area (Å²) in [4.78, 5) is 38.5. The fourth-order valence-corrected chi connectivity index (χ4v) is 3.48. The van der Waals surface area contributed by atoms with E-state index in [1.165, 1.54) is 0 Å². The van der Waals surface area contributed by atoms with E-state index < -0.39 is 6.04 Å². The van der Waals surface area contributed by atoms with Crippen LogP contribution in [0.5, 0.6) is 5.75 Å². The fraction of sp³-hybridized carbons (Fsp3) is 0.591. The molecule has 2 N–H and O–H groups in total. The molecule has 7 heteroatoms. The lowest BCUT2D eigenvalue weighted by Gasteiger charge is -2.21. The van der Waals surface area contributed by atoms with Gasteiger partial charge in [-0.15, -0.1) is 0 Å². The Bertz CT molecular complexity index is 686. The minimum atomic E-state index is -0.603. The molecule has 0 spiro atoms. The van der Waals surface area contributed by atoms with Crippen molar-refractivity contribution in [3.8, 4) is 5.75 Å². The first kappa shape index (κ1) is 22.9. The van der Waals surface area contributed by atoms with Crippen molar-refractivity contribution in [2.75, 3.05) is 32.1 Å². The van der Waals surface area contributed by atoms with Crippen molar-refractivity contribution in [1.82, 2.24) is 10.2 Å².